The smallest absolute Gasteiger partial charge is 0.152 e. The van der Waals surface area contributed by atoms with Gasteiger partial charge < -0.3 is 0 Å². The summed E-state index contributed by atoms with van der Waals surface area (Å²) < 4.78 is 0. The van der Waals surface area contributed by atoms with Gasteiger partial charge in [-0.25, -0.2) is 4.79 Å². The molecule has 1 aliphatic heterocycles. The van der Waals surface area contributed by atoms with Crippen LogP contribution in [0.3, 0.4) is 0 Å². The Morgan fingerprint density at radius 1 is 1.62 bits per heavy atom. The molecule has 0 aromatic heterocycles. The molecular formula is C5H4N2O. The van der Waals surface area contributed by atoms with Crippen molar-refractivity contribution in [3.05, 3.63) is 18.0 Å². The summed E-state index contributed by atoms with van der Waals surface area (Å²) >= 11 is 0. The first-order chi connectivity index (χ1) is 3.83. The minimum absolute atomic E-state index is 0.343. The summed E-state index contributed by atoms with van der Waals surface area (Å²) in [5.41, 5.74) is 0.971. The van der Waals surface area contributed by atoms with Crippen LogP contribution in [0.5, 0.6) is 0 Å². The van der Waals surface area contributed by atoms with E-state index in [1.807, 2.05) is 0 Å². The molecule has 0 saturated heterocycles. The number of azo groups is 1. The van der Waals surface area contributed by atoms with Crippen LogP contribution in [0.1, 0.15) is 6.42 Å². The maximum atomic E-state index is 9.80. The average molecular weight is 108 g/mol. The van der Waals surface area contributed by atoms with Crippen molar-refractivity contribution < 1.29 is 4.79 Å². The van der Waals surface area contributed by atoms with Gasteiger partial charge in [0.1, 0.15) is 0 Å². The molecule has 1 rings (SSSR count). The molecule has 8 heavy (non-hydrogen) atoms. The fraction of sp³-hybridized carbons (Fsp3) is 0.200. The molecule has 1 heterocycles. The molecule has 3 nitrogen and oxygen atoms in total. The maximum Gasteiger partial charge on any atom is 0.152 e. The Labute approximate surface area is 46.4 Å². The predicted molar refractivity (Wildman–Crippen MR) is 27.8 cm³/mol. The fourth-order valence-electron chi connectivity index (χ4n) is 0.452. The first-order valence-corrected chi connectivity index (χ1v) is 2.16. The zero-order valence-corrected chi connectivity index (χ0v) is 4.22. The Bertz CT molecular complexity index is 198. The van der Waals surface area contributed by atoms with Gasteiger partial charge in [-0.3, -0.25) is 0 Å². The largest absolute Gasteiger partial charge is 0.231 e. The number of carbonyl (C=O) groups excluding carboxylic acids is 1. The van der Waals surface area contributed by atoms with E-state index < -0.39 is 0 Å². The number of nitrogens with zero attached hydrogens (tertiary/aromatic N) is 2. The molecule has 0 radical (unpaired) electrons. The monoisotopic (exact) mass is 108 g/mol. The van der Waals surface area contributed by atoms with Gasteiger partial charge in [-0.1, -0.05) is 6.58 Å². The fourth-order valence-corrected chi connectivity index (χ4v) is 0.452. The second-order valence-corrected chi connectivity index (χ2v) is 1.49. The highest BCUT2D eigenvalue weighted by molar-refractivity contribution is 5.53. The highest BCUT2D eigenvalue weighted by Crippen LogP contribution is 2.17. The molecule has 0 N–H and O–H groups in total. The third-order valence-electron chi connectivity index (χ3n) is 0.801. The van der Waals surface area contributed by atoms with Crippen LogP contribution in [-0.2, 0) is 4.79 Å². The van der Waals surface area contributed by atoms with E-state index in [4.69, 9.17) is 0 Å². The molecule has 1 aliphatic rings. The summed E-state index contributed by atoms with van der Waals surface area (Å²) in [5, 5.41) is 6.97. The van der Waals surface area contributed by atoms with Gasteiger partial charge in [0.05, 0.1) is 5.70 Å². The predicted octanol–water partition coefficient (Wildman–Crippen LogP) is 1.07. The van der Waals surface area contributed by atoms with E-state index in [0.29, 0.717) is 17.8 Å². The number of hydrogen-bond donors (Lipinski definition) is 0. The normalized spacial score (nSPS) is 17.0. The van der Waals surface area contributed by atoms with Crippen LogP contribution in [-0.4, -0.2) is 5.94 Å². The van der Waals surface area contributed by atoms with Crippen LogP contribution >= 0.6 is 0 Å². The van der Waals surface area contributed by atoms with Crippen LogP contribution in [0.4, 0.5) is 0 Å². The second-order valence-electron chi connectivity index (χ2n) is 1.49. The van der Waals surface area contributed by atoms with E-state index >= 15 is 0 Å². The van der Waals surface area contributed by atoms with Crippen molar-refractivity contribution >= 4 is 5.94 Å². The van der Waals surface area contributed by atoms with Crippen molar-refractivity contribution in [2.24, 2.45) is 10.2 Å². The molecule has 0 aromatic carbocycles. The highest BCUT2D eigenvalue weighted by atomic mass is 16.1. The van der Waals surface area contributed by atoms with E-state index in [1.54, 1.807) is 5.94 Å². The molecule has 0 atom stereocenters. The lowest BCUT2D eigenvalue weighted by Crippen LogP contribution is -1.69. The van der Waals surface area contributed by atoms with Gasteiger partial charge in [0.2, 0.25) is 0 Å². The van der Waals surface area contributed by atoms with Crippen molar-refractivity contribution in [1.29, 1.82) is 0 Å². The van der Waals surface area contributed by atoms with Gasteiger partial charge in [-0.05, 0) is 0 Å². The van der Waals surface area contributed by atoms with Crippen LogP contribution in [0.15, 0.2) is 28.2 Å². The van der Waals surface area contributed by atoms with Crippen molar-refractivity contribution in [1.82, 2.24) is 0 Å². The van der Waals surface area contributed by atoms with Gasteiger partial charge in [0.15, 0.2) is 11.6 Å². The molecule has 40 valence electrons. The van der Waals surface area contributed by atoms with E-state index in [0.717, 1.165) is 0 Å². The quantitative estimate of drug-likeness (QED) is 0.428. The summed E-state index contributed by atoms with van der Waals surface area (Å²) in [5.74, 6) is 1.64. The van der Waals surface area contributed by atoms with Crippen molar-refractivity contribution in [3.8, 4) is 0 Å². The molecule has 0 fully saturated rings. The lowest BCUT2D eigenvalue weighted by atomic mass is 10.3. The van der Waals surface area contributed by atoms with Crippen LogP contribution in [0.25, 0.3) is 0 Å². The number of hydrogen-bond acceptors (Lipinski definition) is 3. The molecule has 0 bridgehead atoms. The third-order valence-corrected chi connectivity index (χ3v) is 0.801. The molecular weight excluding hydrogens is 104 g/mol. The van der Waals surface area contributed by atoms with Crippen molar-refractivity contribution in [2.75, 3.05) is 0 Å². The number of rotatable bonds is 0. The highest BCUT2D eigenvalue weighted by Gasteiger charge is 2.05. The minimum Gasteiger partial charge on any atom is -0.231 e. The van der Waals surface area contributed by atoms with E-state index in [1.165, 1.54) is 0 Å². The Balaban J connectivity index is 2.88. The molecule has 3 heteroatoms. The van der Waals surface area contributed by atoms with Gasteiger partial charge in [0, 0.05) is 6.42 Å². The Morgan fingerprint density at radius 2 is 2.38 bits per heavy atom. The zero-order chi connectivity index (χ0) is 5.98. The zero-order valence-electron chi connectivity index (χ0n) is 4.22. The molecule has 0 amide bonds. The van der Waals surface area contributed by atoms with E-state index in [2.05, 4.69) is 16.8 Å². The SMILES string of the molecule is C=C1CC(=C=O)N=N1. The maximum absolute atomic E-state index is 9.80. The van der Waals surface area contributed by atoms with Crippen LogP contribution in [0, 0.1) is 0 Å². The lowest BCUT2D eigenvalue weighted by Gasteiger charge is -1.75. The third kappa shape index (κ3) is 0.718. The van der Waals surface area contributed by atoms with Crippen molar-refractivity contribution in [3.63, 3.8) is 0 Å². The first kappa shape index (κ1) is 4.94. The Hall–Kier alpha value is -1.21. The van der Waals surface area contributed by atoms with E-state index in [9.17, 15) is 4.79 Å². The standard InChI is InChI=1S/C5H4N2O/c1-4-2-5(3-8)7-6-4/h1-2H2. The minimum atomic E-state index is 0.343. The topological polar surface area (TPSA) is 41.8 Å². The Kier molecular flexibility index (Phi) is 1.06. The average Bonchev–Trinajstić information content (AvgIpc) is 2.14. The molecule has 0 aliphatic carbocycles. The molecule has 0 saturated carbocycles. The molecule has 0 spiro atoms. The van der Waals surface area contributed by atoms with Gasteiger partial charge in [-0.15, -0.1) is 5.11 Å². The summed E-state index contributed by atoms with van der Waals surface area (Å²) in [6.45, 7) is 3.49. The van der Waals surface area contributed by atoms with Gasteiger partial charge in [0.25, 0.3) is 0 Å². The van der Waals surface area contributed by atoms with Crippen LogP contribution in [0.2, 0.25) is 0 Å². The molecule has 0 unspecified atom stereocenters. The van der Waals surface area contributed by atoms with Crippen molar-refractivity contribution in [2.45, 2.75) is 6.42 Å². The van der Waals surface area contributed by atoms with Gasteiger partial charge in [-0.2, -0.15) is 5.11 Å². The summed E-state index contributed by atoms with van der Waals surface area (Å²) in [6.07, 6.45) is 0.462. The second kappa shape index (κ2) is 1.72. The lowest BCUT2D eigenvalue weighted by molar-refractivity contribution is 0.566. The van der Waals surface area contributed by atoms with Crippen LogP contribution < -0.4 is 0 Å². The summed E-state index contributed by atoms with van der Waals surface area (Å²) in [4.78, 5) is 9.80. The summed E-state index contributed by atoms with van der Waals surface area (Å²) in [6, 6.07) is 0. The molecule has 0 aromatic rings. The Morgan fingerprint density at radius 3 is 2.62 bits per heavy atom. The van der Waals surface area contributed by atoms with E-state index in [-0.39, 0.29) is 0 Å². The van der Waals surface area contributed by atoms with Gasteiger partial charge >= 0.3 is 0 Å². The summed E-state index contributed by atoms with van der Waals surface area (Å²) in [7, 11) is 0. The first-order valence-electron chi connectivity index (χ1n) is 2.16.